The van der Waals surface area contributed by atoms with E-state index in [0.717, 1.165) is 5.56 Å². The van der Waals surface area contributed by atoms with E-state index in [1.165, 1.54) is 12.1 Å². The summed E-state index contributed by atoms with van der Waals surface area (Å²) in [4.78, 5) is 0.152. The van der Waals surface area contributed by atoms with Crippen molar-refractivity contribution in [1.82, 2.24) is 0 Å². The van der Waals surface area contributed by atoms with E-state index < -0.39 is 10.0 Å². The van der Waals surface area contributed by atoms with Crippen molar-refractivity contribution < 1.29 is 8.42 Å². The van der Waals surface area contributed by atoms with Gasteiger partial charge >= 0.3 is 0 Å². The van der Waals surface area contributed by atoms with Crippen molar-refractivity contribution in [2.45, 2.75) is 11.3 Å². The van der Waals surface area contributed by atoms with E-state index in [4.69, 9.17) is 28.9 Å². The lowest BCUT2D eigenvalue weighted by molar-refractivity contribution is 0.601. The zero-order valence-corrected chi connectivity index (χ0v) is 13.3. The molecule has 2 aromatic rings. The summed E-state index contributed by atoms with van der Waals surface area (Å²) in [7, 11) is -3.71. The minimum atomic E-state index is -3.71. The van der Waals surface area contributed by atoms with Crippen LogP contribution in [0.1, 0.15) is 5.56 Å². The summed E-state index contributed by atoms with van der Waals surface area (Å²) in [5.74, 6) is 0. The summed E-state index contributed by atoms with van der Waals surface area (Å²) < 4.78 is 27.0. The normalized spacial score (nSPS) is 11.4. The molecule has 2 aromatic carbocycles. The van der Waals surface area contributed by atoms with Gasteiger partial charge in [0.15, 0.2) is 0 Å². The average Bonchev–Trinajstić information content (AvgIpc) is 2.45. The van der Waals surface area contributed by atoms with Crippen molar-refractivity contribution in [2.75, 3.05) is 11.3 Å². The highest BCUT2D eigenvalue weighted by Gasteiger charge is 2.16. The smallest absolute Gasteiger partial charge is 0.261 e. The second-order valence-electron chi connectivity index (χ2n) is 4.39. The lowest BCUT2D eigenvalue weighted by Gasteiger charge is -2.10. The Morgan fingerprint density at radius 2 is 1.71 bits per heavy atom. The van der Waals surface area contributed by atoms with E-state index in [1.54, 1.807) is 30.3 Å². The number of hydrogen-bond donors (Lipinski definition) is 2. The molecule has 4 nitrogen and oxygen atoms in total. The Bertz CT molecular complexity index is 731. The molecule has 0 spiro atoms. The van der Waals surface area contributed by atoms with Crippen LogP contribution in [0.4, 0.5) is 5.69 Å². The number of rotatable bonds is 5. The molecule has 0 atom stereocenters. The van der Waals surface area contributed by atoms with Crippen LogP contribution in [0.5, 0.6) is 0 Å². The van der Waals surface area contributed by atoms with Gasteiger partial charge in [-0.25, -0.2) is 8.42 Å². The molecular weight excluding hydrogens is 331 g/mol. The van der Waals surface area contributed by atoms with Gasteiger partial charge in [-0.3, -0.25) is 4.72 Å². The number of benzene rings is 2. The summed E-state index contributed by atoms with van der Waals surface area (Å²) in [6.45, 7) is 0.516. The summed E-state index contributed by atoms with van der Waals surface area (Å²) in [5, 5.41) is 0.456. The molecule has 21 heavy (non-hydrogen) atoms. The van der Waals surface area contributed by atoms with Crippen LogP contribution in [-0.2, 0) is 16.4 Å². The minimum Gasteiger partial charge on any atom is -0.330 e. The molecule has 0 saturated heterocycles. The fourth-order valence-electron chi connectivity index (χ4n) is 1.79. The number of nitrogens with one attached hydrogen (secondary N) is 1. The van der Waals surface area contributed by atoms with Gasteiger partial charge in [-0.15, -0.1) is 0 Å². The Hall–Kier alpha value is -1.27. The van der Waals surface area contributed by atoms with Crippen LogP contribution in [-0.4, -0.2) is 15.0 Å². The van der Waals surface area contributed by atoms with Crippen LogP contribution in [0.15, 0.2) is 47.4 Å². The highest BCUT2D eigenvalue weighted by molar-refractivity contribution is 7.92. The zero-order valence-electron chi connectivity index (χ0n) is 11.0. The first-order valence-electron chi connectivity index (χ1n) is 6.20. The van der Waals surface area contributed by atoms with E-state index >= 15 is 0 Å². The lowest BCUT2D eigenvalue weighted by Crippen LogP contribution is -2.13. The highest BCUT2D eigenvalue weighted by Crippen LogP contribution is 2.31. The first kappa shape index (κ1) is 16.1. The second kappa shape index (κ2) is 6.66. The quantitative estimate of drug-likeness (QED) is 0.873. The average molecular weight is 345 g/mol. The van der Waals surface area contributed by atoms with E-state index in [1.807, 2.05) is 0 Å². The third kappa shape index (κ3) is 3.89. The monoisotopic (exact) mass is 344 g/mol. The van der Waals surface area contributed by atoms with Gasteiger partial charge in [0.2, 0.25) is 0 Å². The first-order chi connectivity index (χ1) is 9.94. The predicted molar refractivity (Wildman–Crippen MR) is 86.5 cm³/mol. The SMILES string of the molecule is NCCc1ccc(S(=O)(=O)Nc2cccc(Cl)c2Cl)cc1. The first-order valence-corrected chi connectivity index (χ1v) is 8.44. The summed E-state index contributed by atoms with van der Waals surface area (Å²) >= 11 is 11.8. The van der Waals surface area contributed by atoms with Gasteiger partial charge in [0, 0.05) is 0 Å². The van der Waals surface area contributed by atoms with Crippen LogP contribution in [0.25, 0.3) is 0 Å². The molecule has 3 N–H and O–H groups in total. The van der Waals surface area contributed by atoms with Gasteiger partial charge in [-0.2, -0.15) is 0 Å². The molecule has 0 aliphatic heterocycles. The highest BCUT2D eigenvalue weighted by atomic mass is 35.5. The van der Waals surface area contributed by atoms with E-state index in [9.17, 15) is 8.42 Å². The molecule has 2 rings (SSSR count). The topological polar surface area (TPSA) is 72.2 Å². The molecule has 0 amide bonds. The molecule has 0 unspecified atom stereocenters. The van der Waals surface area contributed by atoms with E-state index in [2.05, 4.69) is 4.72 Å². The summed E-state index contributed by atoms with van der Waals surface area (Å²) in [5.41, 5.74) is 6.69. The Morgan fingerprint density at radius 3 is 2.33 bits per heavy atom. The Kier molecular flexibility index (Phi) is 5.11. The van der Waals surface area contributed by atoms with Crippen molar-refractivity contribution in [3.63, 3.8) is 0 Å². The molecule has 0 bridgehead atoms. The third-order valence-electron chi connectivity index (χ3n) is 2.86. The largest absolute Gasteiger partial charge is 0.330 e. The molecule has 0 saturated carbocycles. The number of anilines is 1. The molecule has 0 fully saturated rings. The third-order valence-corrected chi connectivity index (χ3v) is 5.06. The molecule has 0 aromatic heterocycles. The molecule has 0 heterocycles. The van der Waals surface area contributed by atoms with Crippen LogP contribution in [0, 0.1) is 0 Å². The fraction of sp³-hybridized carbons (Fsp3) is 0.143. The number of sulfonamides is 1. The number of halogens is 2. The zero-order chi connectivity index (χ0) is 15.5. The number of nitrogens with two attached hydrogens (primary N) is 1. The van der Waals surface area contributed by atoms with Crippen LogP contribution < -0.4 is 10.5 Å². The molecule has 0 radical (unpaired) electrons. The maximum Gasteiger partial charge on any atom is 0.261 e. The molecular formula is C14H14Cl2N2O2S. The van der Waals surface area contributed by atoms with Crippen molar-refractivity contribution in [1.29, 1.82) is 0 Å². The summed E-state index contributed by atoms with van der Waals surface area (Å²) in [6, 6.07) is 11.3. The van der Waals surface area contributed by atoms with Gasteiger partial charge in [0.05, 0.1) is 20.6 Å². The maximum atomic E-state index is 12.3. The van der Waals surface area contributed by atoms with Gasteiger partial charge < -0.3 is 5.73 Å². The van der Waals surface area contributed by atoms with E-state index in [-0.39, 0.29) is 20.6 Å². The fourth-order valence-corrected chi connectivity index (χ4v) is 3.26. The summed E-state index contributed by atoms with van der Waals surface area (Å²) in [6.07, 6.45) is 0.702. The van der Waals surface area contributed by atoms with Gasteiger partial charge in [0.25, 0.3) is 10.0 Å². The molecule has 0 aliphatic carbocycles. The Labute approximate surface area is 133 Å². The van der Waals surface area contributed by atoms with E-state index in [0.29, 0.717) is 13.0 Å². The van der Waals surface area contributed by atoms with Gasteiger partial charge in [0.1, 0.15) is 0 Å². The van der Waals surface area contributed by atoms with Gasteiger partial charge in [-0.1, -0.05) is 41.4 Å². The molecule has 112 valence electrons. The Balaban J connectivity index is 2.27. The van der Waals surface area contributed by atoms with Crippen LogP contribution in [0.3, 0.4) is 0 Å². The number of hydrogen-bond acceptors (Lipinski definition) is 3. The van der Waals surface area contributed by atoms with Crippen LogP contribution >= 0.6 is 23.2 Å². The lowest BCUT2D eigenvalue weighted by atomic mass is 10.2. The standard InChI is InChI=1S/C14H14Cl2N2O2S/c15-12-2-1-3-13(14(12)16)18-21(19,20)11-6-4-10(5-7-11)8-9-17/h1-7,18H,8-9,17H2. The van der Waals surface area contributed by atoms with Gasteiger partial charge in [-0.05, 0) is 42.8 Å². The van der Waals surface area contributed by atoms with Crippen molar-refractivity contribution in [2.24, 2.45) is 5.73 Å². The predicted octanol–water partition coefficient (Wildman–Crippen LogP) is 3.30. The van der Waals surface area contributed by atoms with Crippen molar-refractivity contribution in [3.8, 4) is 0 Å². The van der Waals surface area contributed by atoms with Crippen LogP contribution in [0.2, 0.25) is 10.0 Å². The maximum absolute atomic E-state index is 12.3. The molecule has 7 heteroatoms. The van der Waals surface area contributed by atoms with Crippen molar-refractivity contribution >= 4 is 38.9 Å². The second-order valence-corrected chi connectivity index (χ2v) is 6.86. The molecule has 0 aliphatic rings. The minimum absolute atomic E-state index is 0.152. The Morgan fingerprint density at radius 1 is 1.05 bits per heavy atom. The van der Waals surface area contributed by atoms with Crippen molar-refractivity contribution in [3.05, 3.63) is 58.1 Å².